The van der Waals surface area contributed by atoms with E-state index in [0.29, 0.717) is 13.1 Å². The summed E-state index contributed by atoms with van der Waals surface area (Å²) in [4.78, 5) is 13.6. The molecule has 6 heteroatoms. The number of carbonyl (C=O) groups excluding carboxylic acids is 1. The molecule has 3 N–H and O–H groups in total. The van der Waals surface area contributed by atoms with Crippen LogP contribution in [-0.2, 0) is 10.3 Å². The molecule has 0 aromatic heterocycles. The fourth-order valence-electron chi connectivity index (χ4n) is 1.87. The number of benzene rings is 1. The maximum Gasteiger partial charge on any atom is 0.242 e. The van der Waals surface area contributed by atoms with Gasteiger partial charge in [-0.3, -0.25) is 10.1 Å². The number of nitrogens with zero attached hydrogens (tertiary/aromatic N) is 1. The van der Waals surface area contributed by atoms with E-state index in [1.165, 1.54) is 13.8 Å². The Kier molecular flexibility index (Phi) is 5.19. The summed E-state index contributed by atoms with van der Waals surface area (Å²) in [5, 5.41) is 2.91. The number of nitrogens with one attached hydrogen (secondary N) is 1. The van der Waals surface area contributed by atoms with Gasteiger partial charge in [-0.05, 0) is 45.6 Å². The minimum Gasteiger partial charge on any atom is -0.368 e. The third-order valence-corrected chi connectivity index (χ3v) is 3.32. The molecule has 0 radical (unpaired) electrons. The van der Waals surface area contributed by atoms with Crippen LogP contribution >= 0.6 is 0 Å². The quantitative estimate of drug-likeness (QED) is 0.823. The van der Waals surface area contributed by atoms with E-state index in [2.05, 4.69) is 5.32 Å². The zero-order valence-electron chi connectivity index (χ0n) is 12.3. The van der Waals surface area contributed by atoms with Crippen LogP contribution in [0.5, 0.6) is 0 Å². The molecule has 0 saturated heterocycles. The van der Waals surface area contributed by atoms with E-state index in [9.17, 15) is 13.6 Å². The lowest BCUT2D eigenvalue weighted by Crippen LogP contribution is -2.52. The molecule has 1 rings (SSSR count). The van der Waals surface area contributed by atoms with Gasteiger partial charge in [-0.25, -0.2) is 8.78 Å². The van der Waals surface area contributed by atoms with Crippen molar-refractivity contribution in [1.29, 1.82) is 0 Å². The minimum atomic E-state index is -1.45. The molecule has 4 nitrogen and oxygen atoms in total. The van der Waals surface area contributed by atoms with Gasteiger partial charge in [0.15, 0.2) is 0 Å². The number of likely N-dealkylation sites (N-methyl/N-ethyl adjacent to an activating group) is 1. The molecule has 0 aliphatic carbocycles. The molecule has 1 atom stereocenters. The zero-order valence-corrected chi connectivity index (χ0v) is 12.3. The second-order valence-electron chi connectivity index (χ2n) is 5.30. The van der Waals surface area contributed by atoms with Gasteiger partial charge in [0.05, 0.1) is 0 Å². The summed E-state index contributed by atoms with van der Waals surface area (Å²) in [6, 6.07) is 2.09. The van der Waals surface area contributed by atoms with Crippen molar-refractivity contribution in [2.24, 2.45) is 5.73 Å². The lowest BCUT2D eigenvalue weighted by atomic mass is 9.89. The smallest absolute Gasteiger partial charge is 0.242 e. The van der Waals surface area contributed by atoms with Crippen molar-refractivity contribution in [3.05, 3.63) is 34.9 Å². The second kappa shape index (κ2) is 6.28. The topological polar surface area (TPSA) is 58.4 Å². The third kappa shape index (κ3) is 3.52. The fraction of sp³-hybridized carbons (Fsp3) is 0.500. The number of hydrogen-bond donors (Lipinski definition) is 2. The van der Waals surface area contributed by atoms with E-state index in [1.807, 2.05) is 19.0 Å². The summed E-state index contributed by atoms with van der Waals surface area (Å²) in [6.07, 6.45) is 0. The Hall–Kier alpha value is -1.53. The molecule has 1 aromatic carbocycles. The fourth-order valence-corrected chi connectivity index (χ4v) is 1.87. The maximum absolute atomic E-state index is 14.0. The molecule has 0 saturated carbocycles. The van der Waals surface area contributed by atoms with Crippen molar-refractivity contribution in [3.63, 3.8) is 0 Å². The van der Waals surface area contributed by atoms with Crippen molar-refractivity contribution >= 4 is 5.91 Å². The molecule has 112 valence electrons. The normalized spacial score (nSPS) is 14.3. The van der Waals surface area contributed by atoms with E-state index in [-0.39, 0.29) is 11.1 Å². The number of rotatable bonds is 6. The van der Waals surface area contributed by atoms with Crippen molar-refractivity contribution in [3.8, 4) is 0 Å². The molecule has 1 amide bonds. The lowest BCUT2D eigenvalue weighted by Gasteiger charge is -2.29. The van der Waals surface area contributed by atoms with Crippen LogP contribution in [0.25, 0.3) is 0 Å². The third-order valence-electron chi connectivity index (χ3n) is 3.32. The molecule has 0 bridgehead atoms. The summed E-state index contributed by atoms with van der Waals surface area (Å²) in [6.45, 7) is 3.97. The van der Waals surface area contributed by atoms with Crippen LogP contribution in [0, 0.1) is 18.6 Å². The molecule has 0 spiro atoms. The molecular formula is C14H21F2N3O. The van der Waals surface area contributed by atoms with Crippen molar-refractivity contribution in [1.82, 2.24) is 10.2 Å². The first-order valence-corrected chi connectivity index (χ1v) is 6.34. The van der Waals surface area contributed by atoms with Gasteiger partial charge in [0.25, 0.3) is 0 Å². The Morgan fingerprint density at radius 1 is 1.35 bits per heavy atom. The highest BCUT2D eigenvalue weighted by atomic mass is 19.1. The largest absolute Gasteiger partial charge is 0.368 e. The number of halogens is 2. The van der Waals surface area contributed by atoms with Crippen molar-refractivity contribution < 1.29 is 13.6 Å². The zero-order chi connectivity index (χ0) is 15.5. The monoisotopic (exact) mass is 285 g/mol. The van der Waals surface area contributed by atoms with Crippen LogP contribution in [0.1, 0.15) is 18.1 Å². The van der Waals surface area contributed by atoms with Gasteiger partial charge in [-0.15, -0.1) is 0 Å². The standard InChI is InChI=1S/C14H21F2N3O/c1-9-7-12(16)10(8-11(9)15)14(2,13(17)20)18-5-6-19(3)4/h7-8,18H,5-6H2,1-4H3,(H2,17,20). The Morgan fingerprint density at radius 3 is 2.45 bits per heavy atom. The first-order valence-electron chi connectivity index (χ1n) is 6.34. The highest BCUT2D eigenvalue weighted by Crippen LogP contribution is 2.25. The minimum absolute atomic E-state index is 0.0770. The van der Waals surface area contributed by atoms with Crippen LogP contribution < -0.4 is 11.1 Å². The highest BCUT2D eigenvalue weighted by molar-refractivity contribution is 5.85. The molecule has 1 aromatic rings. The van der Waals surface area contributed by atoms with E-state index in [1.54, 1.807) is 0 Å². The van der Waals surface area contributed by atoms with Gasteiger partial charge in [0.1, 0.15) is 17.2 Å². The van der Waals surface area contributed by atoms with Gasteiger partial charge in [-0.2, -0.15) is 0 Å². The average Bonchev–Trinajstić information content (AvgIpc) is 2.32. The number of aryl methyl sites for hydroxylation is 1. The van der Waals surface area contributed by atoms with Crippen LogP contribution in [0.4, 0.5) is 8.78 Å². The van der Waals surface area contributed by atoms with Gasteiger partial charge in [-0.1, -0.05) is 0 Å². The number of amides is 1. The SMILES string of the molecule is Cc1cc(F)c(C(C)(NCCN(C)C)C(N)=O)cc1F. The first-order chi connectivity index (χ1) is 9.18. The van der Waals surface area contributed by atoms with Gasteiger partial charge in [0.2, 0.25) is 5.91 Å². The Morgan fingerprint density at radius 2 is 1.95 bits per heavy atom. The van der Waals surface area contributed by atoms with Gasteiger partial charge < -0.3 is 10.6 Å². The summed E-state index contributed by atoms with van der Waals surface area (Å²) in [7, 11) is 3.74. The van der Waals surface area contributed by atoms with E-state index in [4.69, 9.17) is 5.73 Å². The van der Waals surface area contributed by atoms with Gasteiger partial charge >= 0.3 is 0 Å². The molecule has 0 aliphatic rings. The average molecular weight is 285 g/mol. The molecule has 0 heterocycles. The number of hydrogen-bond acceptors (Lipinski definition) is 3. The molecule has 20 heavy (non-hydrogen) atoms. The van der Waals surface area contributed by atoms with Gasteiger partial charge in [0, 0.05) is 18.7 Å². The number of nitrogens with two attached hydrogens (primary N) is 1. The summed E-state index contributed by atoms with van der Waals surface area (Å²) in [5.41, 5.74) is 4.03. The number of carbonyl (C=O) groups is 1. The van der Waals surface area contributed by atoms with Crippen LogP contribution in [0.15, 0.2) is 12.1 Å². The Labute approximate surface area is 117 Å². The van der Waals surface area contributed by atoms with Crippen LogP contribution in [0.2, 0.25) is 0 Å². The second-order valence-corrected chi connectivity index (χ2v) is 5.30. The Bertz CT molecular complexity index is 505. The van der Waals surface area contributed by atoms with E-state index in [0.717, 1.165) is 12.1 Å². The summed E-state index contributed by atoms with van der Waals surface area (Å²) >= 11 is 0. The van der Waals surface area contributed by atoms with Crippen LogP contribution in [-0.4, -0.2) is 38.0 Å². The predicted octanol–water partition coefficient (Wildman–Crippen LogP) is 1.12. The first kappa shape index (κ1) is 16.5. The molecule has 0 fully saturated rings. The van der Waals surface area contributed by atoms with E-state index < -0.39 is 23.1 Å². The maximum atomic E-state index is 14.0. The Balaban J connectivity index is 3.13. The van der Waals surface area contributed by atoms with Crippen molar-refractivity contribution in [2.75, 3.05) is 27.2 Å². The lowest BCUT2D eigenvalue weighted by molar-refractivity contribution is -0.124. The summed E-state index contributed by atoms with van der Waals surface area (Å²) in [5.74, 6) is -1.97. The number of primary amides is 1. The highest BCUT2D eigenvalue weighted by Gasteiger charge is 2.35. The molecular weight excluding hydrogens is 264 g/mol. The van der Waals surface area contributed by atoms with Crippen molar-refractivity contribution in [2.45, 2.75) is 19.4 Å². The molecule has 1 unspecified atom stereocenters. The predicted molar refractivity (Wildman–Crippen MR) is 74.2 cm³/mol. The molecule has 0 aliphatic heterocycles. The van der Waals surface area contributed by atoms with E-state index >= 15 is 0 Å². The van der Waals surface area contributed by atoms with Crippen LogP contribution in [0.3, 0.4) is 0 Å². The summed E-state index contributed by atoms with van der Waals surface area (Å²) < 4.78 is 27.7.